The number of carbonyl (C=O) groups is 3. The minimum Gasteiger partial charge on any atom is -0.497 e. The van der Waals surface area contributed by atoms with E-state index in [4.69, 9.17) is 16.3 Å². The number of benzene rings is 2. The Balaban J connectivity index is 1.68. The van der Waals surface area contributed by atoms with Crippen molar-refractivity contribution in [2.75, 3.05) is 24.8 Å². The summed E-state index contributed by atoms with van der Waals surface area (Å²) in [7, 11) is 2.95. The Morgan fingerprint density at radius 1 is 0.967 bits per heavy atom. The average Bonchev–Trinajstić information content (AvgIpc) is 3.25. The molecule has 3 amide bonds. The first-order valence-electron chi connectivity index (χ1n) is 8.74. The van der Waals surface area contributed by atoms with E-state index in [9.17, 15) is 14.4 Å². The van der Waals surface area contributed by atoms with Crippen molar-refractivity contribution in [1.29, 1.82) is 0 Å². The number of imidazole rings is 1. The fraction of sp³-hybridized carbons (Fsp3) is 0.100. The number of ether oxygens (including phenoxy) is 1. The molecule has 9 nitrogen and oxygen atoms in total. The minimum absolute atomic E-state index is 0.00551. The van der Waals surface area contributed by atoms with E-state index in [2.05, 4.69) is 25.9 Å². The van der Waals surface area contributed by atoms with Crippen molar-refractivity contribution >= 4 is 40.7 Å². The van der Waals surface area contributed by atoms with Crippen LogP contribution < -0.4 is 20.7 Å². The van der Waals surface area contributed by atoms with Gasteiger partial charge in [0.05, 0.1) is 24.0 Å². The lowest BCUT2D eigenvalue weighted by Gasteiger charge is -2.10. The smallest absolute Gasteiger partial charge is 0.274 e. The van der Waals surface area contributed by atoms with Crippen molar-refractivity contribution in [3.8, 4) is 5.75 Å². The summed E-state index contributed by atoms with van der Waals surface area (Å²) in [5, 5.41) is 8.10. The molecule has 0 fully saturated rings. The molecule has 1 heterocycles. The molecule has 0 bridgehead atoms. The second-order valence-corrected chi connectivity index (χ2v) is 6.44. The summed E-state index contributed by atoms with van der Waals surface area (Å²) in [6.07, 6.45) is 1.27. The minimum atomic E-state index is -0.522. The fourth-order valence-electron chi connectivity index (χ4n) is 2.59. The van der Waals surface area contributed by atoms with E-state index in [1.54, 1.807) is 42.5 Å². The van der Waals surface area contributed by atoms with Crippen LogP contribution in [-0.4, -0.2) is 41.8 Å². The molecule has 0 unspecified atom stereocenters. The van der Waals surface area contributed by atoms with Gasteiger partial charge in [-0.1, -0.05) is 11.6 Å². The predicted molar refractivity (Wildman–Crippen MR) is 112 cm³/mol. The lowest BCUT2D eigenvalue weighted by molar-refractivity contribution is 0.0943. The maximum absolute atomic E-state index is 12.5. The van der Waals surface area contributed by atoms with Gasteiger partial charge < -0.3 is 25.7 Å². The molecule has 2 aromatic carbocycles. The van der Waals surface area contributed by atoms with Crippen LogP contribution in [0.25, 0.3) is 0 Å². The highest BCUT2D eigenvalue weighted by Crippen LogP contribution is 2.23. The molecule has 0 aliphatic carbocycles. The summed E-state index contributed by atoms with van der Waals surface area (Å²) in [6.45, 7) is 0. The van der Waals surface area contributed by atoms with E-state index in [1.807, 2.05) is 0 Å². The number of methoxy groups -OCH3 is 1. The summed E-state index contributed by atoms with van der Waals surface area (Å²) >= 11 is 6.09. The van der Waals surface area contributed by atoms with Crippen molar-refractivity contribution in [1.82, 2.24) is 15.3 Å². The average molecular weight is 428 g/mol. The molecule has 3 aromatic rings. The van der Waals surface area contributed by atoms with Crippen molar-refractivity contribution < 1.29 is 19.1 Å². The molecular formula is C20H18ClN5O4. The third-order valence-electron chi connectivity index (χ3n) is 4.13. The van der Waals surface area contributed by atoms with Gasteiger partial charge in [0.2, 0.25) is 0 Å². The van der Waals surface area contributed by atoms with Crippen LogP contribution in [0.15, 0.2) is 48.8 Å². The van der Waals surface area contributed by atoms with Gasteiger partial charge in [-0.3, -0.25) is 14.4 Å². The molecule has 3 rings (SSSR count). The van der Waals surface area contributed by atoms with Crippen LogP contribution in [-0.2, 0) is 0 Å². The van der Waals surface area contributed by atoms with Gasteiger partial charge in [0.1, 0.15) is 11.4 Å². The highest BCUT2D eigenvalue weighted by Gasteiger charge is 2.19. The lowest BCUT2D eigenvalue weighted by atomic mass is 10.2. The molecule has 0 aliphatic heterocycles. The quantitative estimate of drug-likeness (QED) is 0.481. The first-order chi connectivity index (χ1) is 14.4. The van der Waals surface area contributed by atoms with Gasteiger partial charge in [-0.25, -0.2) is 4.98 Å². The topological polar surface area (TPSA) is 125 Å². The standard InChI is InChI=1S/C20H18ClN5O4/c1-22-19(28)16-17(24-10-23-16)20(29)26-12-5-3-11(4-6-12)25-18(27)14-9-13(30-2)7-8-15(14)21/h3-10H,1-2H3,(H,22,28)(H,23,24)(H,25,27)(H,26,29). The Morgan fingerprint density at radius 2 is 1.60 bits per heavy atom. The Labute approximate surface area is 176 Å². The number of hydrogen-bond donors (Lipinski definition) is 4. The summed E-state index contributed by atoms with van der Waals surface area (Å²) in [5.41, 5.74) is 1.28. The third kappa shape index (κ3) is 4.58. The van der Waals surface area contributed by atoms with Gasteiger partial charge in [-0.2, -0.15) is 0 Å². The molecular weight excluding hydrogens is 410 g/mol. The van der Waals surface area contributed by atoms with Crippen molar-refractivity contribution in [2.24, 2.45) is 0 Å². The number of H-pyrrole nitrogens is 1. The number of aromatic amines is 1. The van der Waals surface area contributed by atoms with Crippen LogP contribution in [0.3, 0.4) is 0 Å². The van der Waals surface area contributed by atoms with Gasteiger partial charge in [0.15, 0.2) is 5.69 Å². The highest BCUT2D eigenvalue weighted by atomic mass is 35.5. The van der Waals surface area contributed by atoms with Crippen LogP contribution in [0.2, 0.25) is 5.02 Å². The zero-order chi connectivity index (χ0) is 21.7. The van der Waals surface area contributed by atoms with Crippen LogP contribution in [0.5, 0.6) is 5.75 Å². The molecule has 0 saturated heterocycles. The second kappa shape index (κ2) is 9.10. The summed E-state index contributed by atoms with van der Waals surface area (Å²) in [5.74, 6) is -0.886. The first kappa shape index (κ1) is 20.9. The number of anilines is 2. The maximum Gasteiger partial charge on any atom is 0.274 e. The van der Waals surface area contributed by atoms with Crippen molar-refractivity contribution in [3.63, 3.8) is 0 Å². The van der Waals surface area contributed by atoms with Crippen molar-refractivity contribution in [3.05, 3.63) is 70.8 Å². The highest BCUT2D eigenvalue weighted by molar-refractivity contribution is 6.34. The van der Waals surface area contributed by atoms with Gasteiger partial charge in [0.25, 0.3) is 17.7 Å². The van der Waals surface area contributed by atoms with E-state index in [1.165, 1.54) is 20.5 Å². The normalized spacial score (nSPS) is 10.2. The molecule has 4 N–H and O–H groups in total. The van der Waals surface area contributed by atoms with E-state index in [0.29, 0.717) is 22.1 Å². The molecule has 1 aromatic heterocycles. The van der Waals surface area contributed by atoms with Crippen LogP contribution in [0.4, 0.5) is 11.4 Å². The number of rotatable bonds is 6. The number of hydrogen-bond acceptors (Lipinski definition) is 5. The Hall–Kier alpha value is -3.85. The van der Waals surface area contributed by atoms with Crippen molar-refractivity contribution in [2.45, 2.75) is 0 Å². The van der Waals surface area contributed by atoms with Gasteiger partial charge >= 0.3 is 0 Å². The fourth-order valence-corrected chi connectivity index (χ4v) is 2.80. The Morgan fingerprint density at radius 3 is 2.20 bits per heavy atom. The number of amides is 3. The van der Waals surface area contributed by atoms with Gasteiger partial charge in [0, 0.05) is 18.4 Å². The second-order valence-electron chi connectivity index (χ2n) is 6.04. The van der Waals surface area contributed by atoms with E-state index < -0.39 is 17.7 Å². The third-order valence-corrected chi connectivity index (χ3v) is 4.46. The summed E-state index contributed by atoms with van der Waals surface area (Å²) < 4.78 is 5.11. The number of carbonyl (C=O) groups excluding carboxylic acids is 3. The Kier molecular flexibility index (Phi) is 6.33. The molecule has 0 spiro atoms. The SMILES string of the molecule is CNC(=O)c1nc[nH]c1C(=O)Nc1ccc(NC(=O)c2cc(OC)ccc2Cl)cc1. The van der Waals surface area contributed by atoms with E-state index >= 15 is 0 Å². The van der Waals surface area contributed by atoms with Crippen LogP contribution in [0, 0.1) is 0 Å². The Bertz CT molecular complexity index is 1090. The largest absolute Gasteiger partial charge is 0.497 e. The molecule has 154 valence electrons. The van der Waals surface area contributed by atoms with Gasteiger partial charge in [-0.15, -0.1) is 0 Å². The van der Waals surface area contributed by atoms with Crippen LogP contribution in [0.1, 0.15) is 31.3 Å². The number of nitrogens with one attached hydrogen (secondary N) is 4. The summed E-state index contributed by atoms with van der Waals surface area (Å²) in [4.78, 5) is 43.1. The lowest BCUT2D eigenvalue weighted by Crippen LogP contribution is -2.23. The number of aromatic nitrogens is 2. The maximum atomic E-state index is 12.5. The first-order valence-corrected chi connectivity index (χ1v) is 9.12. The molecule has 0 saturated carbocycles. The van der Waals surface area contributed by atoms with E-state index in [0.717, 1.165) is 0 Å². The molecule has 0 radical (unpaired) electrons. The molecule has 30 heavy (non-hydrogen) atoms. The summed E-state index contributed by atoms with van der Waals surface area (Å²) in [6, 6.07) is 11.2. The van der Waals surface area contributed by atoms with E-state index in [-0.39, 0.29) is 17.0 Å². The van der Waals surface area contributed by atoms with Crippen LogP contribution >= 0.6 is 11.6 Å². The number of nitrogens with zero attached hydrogens (tertiary/aromatic N) is 1. The zero-order valence-corrected chi connectivity index (χ0v) is 16.8. The number of halogens is 1. The zero-order valence-electron chi connectivity index (χ0n) is 16.1. The molecule has 0 aliphatic rings. The molecule has 0 atom stereocenters. The molecule has 10 heteroatoms. The van der Waals surface area contributed by atoms with Gasteiger partial charge in [-0.05, 0) is 42.5 Å². The predicted octanol–water partition coefficient (Wildman–Crippen LogP) is 2.94. The monoisotopic (exact) mass is 427 g/mol.